The molecule has 2 amide bonds. The van der Waals surface area contributed by atoms with Crippen molar-refractivity contribution in [2.75, 3.05) is 0 Å². The number of nitrogens with one attached hydrogen (secondary N) is 2. The van der Waals surface area contributed by atoms with Crippen LogP contribution in [-0.2, 0) is 19.2 Å². The number of unbranched alkanes of at least 4 members (excludes halogenated alkanes) is 1. The fourth-order valence-corrected chi connectivity index (χ4v) is 1.32. The summed E-state index contributed by atoms with van der Waals surface area (Å²) >= 11 is 0. The Morgan fingerprint density at radius 3 is 1.35 bits per heavy atom. The zero-order chi connectivity index (χ0) is 15.7. The van der Waals surface area contributed by atoms with Crippen LogP contribution in [0.15, 0.2) is 0 Å². The fraction of sp³-hybridized carbons (Fsp3) is 0.667. The van der Waals surface area contributed by atoms with Gasteiger partial charge < -0.3 is 20.8 Å². The van der Waals surface area contributed by atoms with Crippen molar-refractivity contribution in [3.63, 3.8) is 0 Å². The molecule has 8 nitrogen and oxygen atoms in total. The van der Waals surface area contributed by atoms with Gasteiger partial charge in [0, 0.05) is 12.8 Å². The van der Waals surface area contributed by atoms with E-state index in [-0.39, 0.29) is 24.7 Å². The number of aliphatic carboxylic acids is 2. The molecule has 0 fully saturated rings. The van der Waals surface area contributed by atoms with Gasteiger partial charge in [0.05, 0.1) is 0 Å². The minimum atomic E-state index is -1.11. The number of carbonyl (C=O) groups excluding carboxylic acids is 2. The van der Waals surface area contributed by atoms with Crippen LogP contribution >= 0.6 is 0 Å². The normalized spacial score (nSPS) is 13.1. The molecule has 114 valence electrons. The average Bonchev–Trinajstić information content (AvgIpc) is 2.34. The first-order chi connectivity index (χ1) is 9.23. The van der Waals surface area contributed by atoms with Crippen molar-refractivity contribution in [1.29, 1.82) is 0 Å². The highest BCUT2D eigenvalue weighted by Gasteiger charge is 2.15. The highest BCUT2D eigenvalue weighted by atomic mass is 16.4. The molecule has 0 heterocycles. The van der Waals surface area contributed by atoms with E-state index >= 15 is 0 Å². The van der Waals surface area contributed by atoms with E-state index in [1.54, 1.807) is 0 Å². The van der Waals surface area contributed by atoms with Crippen LogP contribution in [0.1, 0.15) is 39.5 Å². The third kappa shape index (κ3) is 8.06. The molecule has 4 N–H and O–H groups in total. The van der Waals surface area contributed by atoms with Gasteiger partial charge in [-0.1, -0.05) is 0 Å². The zero-order valence-electron chi connectivity index (χ0n) is 11.5. The summed E-state index contributed by atoms with van der Waals surface area (Å²) in [4.78, 5) is 43.6. The van der Waals surface area contributed by atoms with E-state index in [2.05, 4.69) is 10.6 Å². The first-order valence-electron chi connectivity index (χ1n) is 6.28. The van der Waals surface area contributed by atoms with Gasteiger partial charge in [-0.25, -0.2) is 0 Å². The van der Waals surface area contributed by atoms with E-state index in [4.69, 9.17) is 10.2 Å². The molecule has 0 bridgehead atoms. The smallest absolute Gasteiger partial charge is 0.325 e. The van der Waals surface area contributed by atoms with E-state index in [1.807, 2.05) is 0 Å². The minimum absolute atomic E-state index is 0.124. The lowest BCUT2D eigenvalue weighted by atomic mass is 10.1. The molecule has 0 spiro atoms. The van der Waals surface area contributed by atoms with Gasteiger partial charge in [-0.3, -0.25) is 19.2 Å². The third-order valence-electron chi connectivity index (χ3n) is 2.55. The van der Waals surface area contributed by atoms with Crippen LogP contribution in [0.25, 0.3) is 0 Å². The Bertz CT molecular complexity index is 346. The highest BCUT2D eigenvalue weighted by Crippen LogP contribution is 2.01. The SMILES string of the molecule is C[C@H](NC(=O)CCCCC(=O)N[C@@H](C)C(=O)O)C(=O)O. The van der Waals surface area contributed by atoms with E-state index in [1.165, 1.54) is 13.8 Å². The summed E-state index contributed by atoms with van der Waals surface area (Å²) in [6, 6.07) is -1.88. The Labute approximate surface area is 116 Å². The van der Waals surface area contributed by atoms with Gasteiger partial charge in [-0.15, -0.1) is 0 Å². The molecule has 0 unspecified atom stereocenters. The van der Waals surface area contributed by atoms with Crippen LogP contribution < -0.4 is 10.6 Å². The Hall–Kier alpha value is -2.12. The van der Waals surface area contributed by atoms with Crippen LogP contribution in [0, 0.1) is 0 Å². The van der Waals surface area contributed by atoms with Crippen LogP contribution in [0.3, 0.4) is 0 Å². The molecule has 0 radical (unpaired) electrons. The first kappa shape index (κ1) is 17.9. The number of carbonyl (C=O) groups is 4. The van der Waals surface area contributed by atoms with E-state index in [9.17, 15) is 19.2 Å². The molecule has 0 rings (SSSR count). The van der Waals surface area contributed by atoms with Crippen LogP contribution in [0.5, 0.6) is 0 Å². The van der Waals surface area contributed by atoms with Gasteiger partial charge in [-0.2, -0.15) is 0 Å². The summed E-state index contributed by atoms with van der Waals surface area (Å²) < 4.78 is 0. The van der Waals surface area contributed by atoms with Crippen molar-refractivity contribution in [2.45, 2.75) is 51.6 Å². The van der Waals surface area contributed by atoms with Crippen molar-refractivity contribution in [2.24, 2.45) is 0 Å². The second-order valence-corrected chi connectivity index (χ2v) is 4.46. The lowest BCUT2D eigenvalue weighted by Gasteiger charge is -2.10. The predicted molar refractivity (Wildman–Crippen MR) is 68.9 cm³/mol. The molecular formula is C12H20N2O6. The maximum absolute atomic E-state index is 11.3. The molecule has 0 aromatic carbocycles. The molecule has 0 saturated heterocycles. The Morgan fingerprint density at radius 2 is 1.10 bits per heavy atom. The number of carboxylic acids is 2. The first-order valence-corrected chi connectivity index (χ1v) is 6.28. The molecule has 8 heteroatoms. The quantitative estimate of drug-likeness (QED) is 0.431. The monoisotopic (exact) mass is 288 g/mol. The van der Waals surface area contributed by atoms with E-state index in [0.717, 1.165) is 0 Å². The predicted octanol–water partition coefficient (Wildman–Crippen LogP) is -0.275. The minimum Gasteiger partial charge on any atom is -0.480 e. The van der Waals surface area contributed by atoms with Gasteiger partial charge >= 0.3 is 11.9 Å². The second kappa shape index (κ2) is 8.89. The summed E-state index contributed by atoms with van der Waals surface area (Å²) in [7, 11) is 0. The molecule has 2 atom stereocenters. The highest BCUT2D eigenvalue weighted by molar-refractivity contribution is 5.84. The van der Waals surface area contributed by atoms with Gasteiger partial charge in [0.15, 0.2) is 0 Å². The molecule has 0 aliphatic heterocycles. The largest absolute Gasteiger partial charge is 0.480 e. The maximum Gasteiger partial charge on any atom is 0.325 e. The molecule has 0 aliphatic carbocycles. The summed E-state index contributed by atoms with van der Waals surface area (Å²) in [5.41, 5.74) is 0. The number of amides is 2. The topological polar surface area (TPSA) is 133 Å². The van der Waals surface area contributed by atoms with Crippen molar-refractivity contribution in [3.8, 4) is 0 Å². The van der Waals surface area contributed by atoms with Gasteiger partial charge in [0.2, 0.25) is 11.8 Å². The second-order valence-electron chi connectivity index (χ2n) is 4.46. The summed E-state index contributed by atoms with van der Waals surface area (Å²) in [6.45, 7) is 2.72. The summed E-state index contributed by atoms with van der Waals surface area (Å²) in [6.07, 6.45) is 1.10. The average molecular weight is 288 g/mol. The standard InChI is InChI=1S/C12H20N2O6/c1-7(11(17)18)13-9(15)5-3-4-6-10(16)14-8(2)12(19)20/h7-8H,3-6H2,1-2H3,(H,13,15)(H,14,16)(H,17,18)(H,19,20)/t7-,8-/m0/s1. The molecule has 0 aromatic heterocycles. The zero-order valence-corrected chi connectivity index (χ0v) is 11.5. The number of hydrogen-bond donors (Lipinski definition) is 4. The number of hydrogen-bond acceptors (Lipinski definition) is 4. The van der Waals surface area contributed by atoms with Gasteiger partial charge in [0.1, 0.15) is 12.1 Å². The molecular weight excluding hydrogens is 268 g/mol. The van der Waals surface area contributed by atoms with Crippen molar-refractivity contribution >= 4 is 23.8 Å². The summed E-state index contributed by atoms with van der Waals surface area (Å²) in [5, 5.41) is 21.8. The lowest BCUT2D eigenvalue weighted by molar-refractivity contribution is -0.141. The fourth-order valence-electron chi connectivity index (χ4n) is 1.32. The molecule has 20 heavy (non-hydrogen) atoms. The Kier molecular flexibility index (Phi) is 7.95. The van der Waals surface area contributed by atoms with Crippen LogP contribution in [0.2, 0.25) is 0 Å². The van der Waals surface area contributed by atoms with Crippen LogP contribution in [-0.4, -0.2) is 46.0 Å². The lowest BCUT2D eigenvalue weighted by Crippen LogP contribution is -2.38. The van der Waals surface area contributed by atoms with Gasteiger partial charge in [0.25, 0.3) is 0 Å². The van der Waals surface area contributed by atoms with E-state index < -0.39 is 24.0 Å². The molecule has 0 saturated carbocycles. The van der Waals surface area contributed by atoms with Crippen molar-refractivity contribution < 1.29 is 29.4 Å². The number of rotatable bonds is 9. The molecule has 0 aromatic rings. The third-order valence-corrected chi connectivity index (χ3v) is 2.55. The summed E-state index contributed by atoms with van der Waals surface area (Å²) in [5.74, 6) is -3.00. The van der Waals surface area contributed by atoms with Crippen LogP contribution in [0.4, 0.5) is 0 Å². The van der Waals surface area contributed by atoms with E-state index in [0.29, 0.717) is 12.8 Å². The number of carboxylic acid groups (broad SMARTS) is 2. The van der Waals surface area contributed by atoms with Crippen molar-refractivity contribution in [3.05, 3.63) is 0 Å². The van der Waals surface area contributed by atoms with Gasteiger partial charge in [-0.05, 0) is 26.7 Å². The Morgan fingerprint density at radius 1 is 0.800 bits per heavy atom. The Balaban J connectivity index is 3.76. The maximum atomic E-state index is 11.3. The molecule has 0 aliphatic rings. The van der Waals surface area contributed by atoms with Crippen molar-refractivity contribution in [1.82, 2.24) is 10.6 Å².